The number of likely N-dealkylation sites (tertiary alicyclic amines) is 1. The molecule has 0 saturated carbocycles. The highest BCUT2D eigenvalue weighted by molar-refractivity contribution is 5.92. The Balaban J connectivity index is 1.76. The van der Waals surface area contributed by atoms with Gasteiger partial charge in [-0.2, -0.15) is 5.10 Å². The van der Waals surface area contributed by atoms with E-state index in [9.17, 15) is 4.79 Å². The monoisotopic (exact) mass is 266 g/mol. The van der Waals surface area contributed by atoms with Crippen LogP contribution in [0.1, 0.15) is 23.3 Å². The minimum absolute atomic E-state index is 0.132. The number of carbonyl (C=O) groups is 1. The first-order valence-corrected chi connectivity index (χ1v) is 6.18. The summed E-state index contributed by atoms with van der Waals surface area (Å²) in [5.41, 5.74) is 5.93. The molecule has 8 nitrogen and oxygen atoms in total. The van der Waals surface area contributed by atoms with Crippen LogP contribution in [0.25, 0.3) is 0 Å². The Kier molecular flexibility index (Phi) is 4.35. The van der Waals surface area contributed by atoms with Crippen LogP contribution >= 0.6 is 0 Å². The van der Waals surface area contributed by atoms with Crippen molar-refractivity contribution in [3.8, 4) is 0 Å². The third-order valence-electron chi connectivity index (χ3n) is 3.18. The minimum Gasteiger partial charge on any atom is -0.409 e. The highest BCUT2D eigenvalue weighted by Gasteiger charge is 2.21. The summed E-state index contributed by atoms with van der Waals surface area (Å²) in [6.45, 7) is 2.08. The van der Waals surface area contributed by atoms with Gasteiger partial charge in [0.05, 0.1) is 6.54 Å². The second-order valence-corrected chi connectivity index (χ2v) is 4.59. The largest absolute Gasteiger partial charge is 0.409 e. The number of H-pyrrole nitrogens is 1. The third kappa shape index (κ3) is 3.68. The number of hydrogen-bond donors (Lipinski definition) is 4. The number of aromatic amines is 1. The topological polar surface area (TPSA) is 120 Å². The molecule has 0 atom stereocenters. The predicted octanol–water partition coefficient (Wildman–Crippen LogP) is -0.650. The van der Waals surface area contributed by atoms with Gasteiger partial charge in [-0.1, -0.05) is 5.16 Å². The second-order valence-electron chi connectivity index (χ2n) is 4.59. The van der Waals surface area contributed by atoms with Gasteiger partial charge in [-0.15, -0.1) is 0 Å². The molecule has 0 spiro atoms. The molecular formula is C11H18N6O2. The number of hydrogen-bond acceptors (Lipinski definition) is 5. The number of amidine groups is 1. The van der Waals surface area contributed by atoms with Gasteiger partial charge in [0.2, 0.25) is 0 Å². The summed E-state index contributed by atoms with van der Waals surface area (Å²) in [7, 11) is 0. The van der Waals surface area contributed by atoms with Gasteiger partial charge in [-0.05, 0) is 18.9 Å². The van der Waals surface area contributed by atoms with Gasteiger partial charge in [0.1, 0.15) is 5.69 Å². The average molecular weight is 266 g/mol. The average Bonchev–Trinajstić information content (AvgIpc) is 2.95. The Labute approximate surface area is 110 Å². The fraction of sp³-hybridized carbons (Fsp3) is 0.545. The van der Waals surface area contributed by atoms with Gasteiger partial charge < -0.3 is 16.3 Å². The summed E-state index contributed by atoms with van der Waals surface area (Å²) >= 11 is 0. The van der Waals surface area contributed by atoms with Crippen LogP contribution in [0.3, 0.4) is 0 Å². The van der Waals surface area contributed by atoms with E-state index in [0.717, 1.165) is 25.9 Å². The Morgan fingerprint density at radius 1 is 1.63 bits per heavy atom. The maximum Gasteiger partial charge on any atom is 0.269 e. The van der Waals surface area contributed by atoms with Gasteiger partial charge in [0, 0.05) is 25.3 Å². The molecule has 5 N–H and O–H groups in total. The van der Waals surface area contributed by atoms with Crippen molar-refractivity contribution in [1.82, 2.24) is 20.4 Å². The van der Waals surface area contributed by atoms with E-state index < -0.39 is 0 Å². The van der Waals surface area contributed by atoms with E-state index in [1.165, 1.54) is 0 Å². The maximum atomic E-state index is 11.8. The Bertz CT molecular complexity index is 436. The van der Waals surface area contributed by atoms with Gasteiger partial charge in [-0.25, -0.2) is 0 Å². The Hall–Kier alpha value is -2.09. The molecular weight excluding hydrogens is 248 g/mol. The lowest BCUT2D eigenvalue weighted by atomic mass is 10.0. The SMILES string of the molecule is N/C(CN1CCC(NC(=O)c2ccn[nH]2)CC1)=N\O. The van der Waals surface area contributed by atoms with E-state index in [0.29, 0.717) is 12.2 Å². The summed E-state index contributed by atoms with van der Waals surface area (Å²) in [5.74, 6) is 0.0762. The van der Waals surface area contributed by atoms with Crippen molar-refractivity contribution in [3.05, 3.63) is 18.0 Å². The van der Waals surface area contributed by atoms with Crippen molar-refractivity contribution in [2.75, 3.05) is 19.6 Å². The second kappa shape index (κ2) is 6.19. The molecule has 1 amide bonds. The molecule has 2 heterocycles. The number of carbonyl (C=O) groups excluding carboxylic acids is 1. The summed E-state index contributed by atoms with van der Waals surface area (Å²) in [4.78, 5) is 13.9. The summed E-state index contributed by atoms with van der Waals surface area (Å²) in [6.07, 6.45) is 3.24. The van der Waals surface area contributed by atoms with Crippen LogP contribution in [0.15, 0.2) is 17.4 Å². The molecule has 104 valence electrons. The number of amides is 1. The lowest BCUT2D eigenvalue weighted by Crippen LogP contribution is -2.46. The highest BCUT2D eigenvalue weighted by atomic mass is 16.4. The van der Waals surface area contributed by atoms with Gasteiger partial charge in [0.15, 0.2) is 5.84 Å². The standard InChI is InChI=1S/C11H18N6O2/c12-10(16-19)7-17-5-2-8(3-6-17)14-11(18)9-1-4-13-15-9/h1,4,8,19H,2-3,5-7H2,(H2,12,16)(H,13,15)(H,14,18). The number of nitrogens with zero attached hydrogens (tertiary/aromatic N) is 3. The predicted molar refractivity (Wildman–Crippen MR) is 68.9 cm³/mol. The first-order valence-electron chi connectivity index (χ1n) is 6.18. The molecule has 0 aromatic carbocycles. The third-order valence-corrected chi connectivity index (χ3v) is 3.18. The molecule has 0 radical (unpaired) electrons. The molecule has 8 heteroatoms. The van der Waals surface area contributed by atoms with Crippen molar-refractivity contribution < 1.29 is 10.0 Å². The molecule has 19 heavy (non-hydrogen) atoms. The van der Waals surface area contributed by atoms with Crippen molar-refractivity contribution in [3.63, 3.8) is 0 Å². The fourth-order valence-electron chi connectivity index (χ4n) is 2.14. The van der Waals surface area contributed by atoms with Crippen molar-refractivity contribution >= 4 is 11.7 Å². The molecule has 0 unspecified atom stereocenters. The molecule has 1 fully saturated rings. The van der Waals surface area contributed by atoms with Crippen molar-refractivity contribution in [1.29, 1.82) is 0 Å². The van der Waals surface area contributed by atoms with E-state index in [2.05, 4.69) is 25.6 Å². The number of nitrogens with two attached hydrogens (primary N) is 1. The summed E-state index contributed by atoms with van der Waals surface area (Å²) in [5, 5.41) is 20.8. The van der Waals surface area contributed by atoms with Crippen LogP contribution in [-0.4, -0.2) is 57.7 Å². The van der Waals surface area contributed by atoms with Crippen LogP contribution in [0.2, 0.25) is 0 Å². The van der Waals surface area contributed by atoms with E-state index in [1.54, 1.807) is 12.3 Å². The molecule has 0 bridgehead atoms. The van der Waals surface area contributed by atoms with Crippen LogP contribution < -0.4 is 11.1 Å². The Morgan fingerprint density at radius 3 is 2.95 bits per heavy atom. The van der Waals surface area contributed by atoms with Crippen LogP contribution in [-0.2, 0) is 0 Å². The van der Waals surface area contributed by atoms with Crippen molar-refractivity contribution in [2.24, 2.45) is 10.9 Å². The van der Waals surface area contributed by atoms with Gasteiger partial charge in [0.25, 0.3) is 5.91 Å². The molecule has 1 aliphatic rings. The molecule has 0 aliphatic carbocycles. The first kappa shape index (κ1) is 13.3. The quantitative estimate of drug-likeness (QED) is 0.250. The van der Waals surface area contributed by atoms with Crippen LogP contribution in [0, 0.1) is 0 Å². The lowest BCUT2D eigenvalue weighted by Gasteiger charge is -2.31. The number of nitrogens with one attached hydrogen (secondary N) is 2. The highest BCUT2D eigenvalue weighted by Crippen LogP contribution is 2.10. The van der Waals surface area contributed by atoms with Gasteiger partial charge in [-0.3, -0.25) is 14.8 Å². The molecule has 1 aromatic heterocycles. The number of rotatable bonds is 4. The molecule has 1 saturated heterocycles. The smallest absolute Gasteiger partial charge is 0.269 e. The van der Waals surface area contributed by atoms with Crippen LogP contribution in [0.4, 0.5) is 0 Å². The van der Waals surface area contributed by atoms with E-state index >= 15 is 0 Å². The number of oxime groups is 1. The normalized spacial score (nSPS) is 18.4. The van der Waals surface area contributed by atoms with E-state index in [1.807, 2.05) is 0 Å². The van der Waals surface area contributed by atoms with Crippen LogP contribution in [0.5, 0.6) is 0 Å². The molecule has 1 aromatic rings. The number of piperidine rings is 1. The minimum atomic E-state index is -0.132. The van der Waals surface area contributed by atoms with Gasteiger partial charge >= 0.3 is 0 Å². The summed E-state index contributed by atoms with van der Waals surface area (Å²) in [6, 6.07) is 1.79. The summed E-state index contributed by atoms with van der Waals surface area (Å²) < 4.78 is 0. The molecule has 2 rings (SSSR count). The Morgan fingerprint density at radius 2 is 2.37 bits per heavy atom. The zero-order valence-corrected chi connectivity index (χ0v) is 10.5. The fourth-order valence-corrected chi connectivity index (χ4v) is 2.14. The van der Waals surface area contributed by atoms with Crippen molar-refractivity contribution in [2.45, 2.75) is 18.9 Å². The van der Waals surface area contributed by atoms with E-state index in [-0.39, 0.29) is 17.8 Å². The molecule has 1 aliphatic heterocycles. The first-order chi connectivity index (χ1) is 9.19. The van der Waals surface area contributed by atoms with E-state index in [4.69, 9.17) is 10.9 Å². The zero-order chi connectivity index (χ0) is 13.7. The maximum absolute atomic E-state index is 11.8. The number of aromatic nitrogens is 2. The zero-order valence-electron chi connectivity index (χ0n) is 10.5. The lowest BCUT2D eigenvalue weighted by molar-refractivity contribution is 0.0909.